The van der Waals surface area contributed by atoms with Crippen LogP contribution >= 0.6 is 0 Å². The number of rotatable bonds is 1. The zero-order valence-corrected chi connectivity index (χ0v) is 7.90. The lowest BCUT2D eigenvalue weighted by molar-refractivity contribution is 0.0696. The number of carboxylic acid groups (broad SMARTS) is 1. The Balaban J connectivity index is 0.000000500. The first-order chi connectivity index (χ1) is 6.52. The highest BCUT2D eigenvalue weighted by Crippen LogP contribution is 2.20. The minimum absolute atomic E-state index is 0.0247. The van der Waals surface area contributed by atoms with Crippen LogP contribution in [0.3, 0.4) is 0 Å². The van der Waals surface area contributed by atoms with E-state index in [4.69, 9.17) is 15.9 Å². The summed E-state index contributed by atoms with van der Waals surface area (Å²) in [4.78, 5) is 10.3. The molecule has 4 heteroatoms. The monoisotopic (exact) mass is 195 g/mol. The van der Waals surface area contributed by atoms with Crippen LogP contribution in [0.15, 0.2) is 30.9 Å². The molecular formula is C10H13NO3. The van der Waals surface area contributed by atoms with Gasteiger partial charge in [0.1, 0.15) is 5.75 Å². The summed E-state index contributed by atoms with van der Waals surface area (Å²) in [7, 11) is 0. The van der Waals surface area contributed by atoms with Gasteiger partial charge in [-0.2, -0.15) is 0 Å². The number of benzene rings is 1. The van der Waals surface area contributed by atoms with Crippen LogP contribution in [0.5, 0.6) is 5.75 Å². The maximum atomic E-state index is 10.3. The van der Waals surface area contributed by atoms with Crippen LogP contribution in [0.4, 0.5) is 5.69 Å². The number of allylic oxidation sites excluding steroid dienone is 1. The Labute approximate surface area is 82.3 Å². The number of hydrogen-bond donors (Lipinski definition) is 3. The molecule has 0 unspecified atom stereocenters. The summed E-state index contributed by atoms with van der Waals surface area (Å²) in [6.07, 6.45) is 1.75. The molecule has 0 spiro atoms. The molecule has 0 bridgehead atoms. The molecule has 1 aromatic rings. The minimum atomic E-state index is -1.08. The van der Waals surface area contributed by atoms with Gasteiger partial charge >= 0.3 is 5.97 Å². The maximum Gasteiger partial charge on any atom is 0.335 e. The number of nitrogen functional groups attached to an aromatic ring is 1. The van der Waals surface area contributed by atoms with E-state index in [1.165, 1.54) is 12.1 Å². The van der Waals surface area contributed by atoms with Crippen molar-refractivity contribution >= 4 is 11.7 Å². The number of phenols is 1. The van der Waals surface area contributed by atoms with Crippen molar-refractivity contribution in [2.75, 3.05) is 5.73 Å². The van der Waals surface area contributed by atoms with E-state index in [-0.39, 0.29) is 17.0 Å². The minimum Gasteiger partial charge on any atom is -0.506 e. The second-order valence-electron chi connectivity index (χ2n) is 2.49. The first-order valence-electron chi connectivity index (χ1n) is 3.91. The van der Waals surface area contributed by atoms with Crippen molar-refractivity contribution in [2.24, 2.45) is 0 Å². The van der Waals surface area contributed by atoms with E-state index in [1.54, 1.807) is 6.08 Å². The molecule has 1 rings (SSSR count). The Morgan fingerprint density at radius 1 is 1.57 bits per heavy atom. The summed E-state index contributed by atoms with van der Waals surface area (Å²) < 4.78 is 0. The zero-order valence-electron chi connectivity index (χ0n) is 7.90. The largest absolute Gasteiger partial charge is 0.506 e. The highest BCUT2D eigenvalue weighted by Gasteiger charge is 2.04. The first-order valence-corrected chi connectivity index (χ1v) is 3.91. The average molecular weight is 195 g/mol. The highest BCUT2D eigenvalue weighted by molar-refractivity contribution is 5.88. The molecule has 4 nitrogen and oxygen atoms in total. The Hall–Kier alpha value is -1.97. The van der Waals surface area contributed by atoms with E-state index in [0.717, 1.165) is 6.07 Å². The molecule has 0 atom stereocenters. The SMILES string of the molecule is C=CC.Nc1ccc(C(=O)O)cc1O. The number of phenolic OH excluding ortho intramolecular Hbond substituents is 1. The maximum absolute atomic E-state index is 10.3. The van der Waals surface area contributed by atoms with Crippen molar-refractivity contribution in [3.63, 3.8) is 0 Å². The normalized spacial score (nSPS) is 8.36. The molecule has 0 radical (unpaired) electrons. The van der Waals surface area contributed by atoms with Crippen LogP contribution in [0, 0.1) is 0 Å². The quantitative estimate of drug-likeness (QED) is 0.363. The van der Waals surface area contributed by atoms with Gasteiger partial charge in [-0.25, -0.2) is 4.79 Å². The van der Waals surface area contributed by atoms with Crippen LogP contribution in [0.2, 0.25) is 0 Å². The van der Waals surface area contributed by atoms with E-state index in [2.05, 4.69) is 6.58 Å². The molecular weight excluding hydrogens is 182 g/mol. The Morgan fingerprint density at radius 2 is 2.07 bits per heavy atom. The van der Waals surface area contributed by atoms with Crippen molar-refractivity contribution in [2.45, 2.75) is 6.92 Å². The lowest BCUT2D eigenvalue weighted by atomic mass is 10.2. The third-order valence-corrected chi connectivity index (χ3v) is 1.28. The van der Waals surface area contributed by atoms with E-state index >= 15 is 0 Å². The van der Waals surface area contributed by atoms with Crippen LogP contribution in [0.25, 0.3) is 0 Å². The van der Waals surface area contributed by atoms with Crippen LogP contribution in [0.1, 0.15) is 17.3 Å². The van der Waals surface area contributed by atoms with Gasteiger partial charge in [0.05, 0.1) is 11.3 Å². The van der Waals surface area contributed by atoms with Gasteiger partial charge in [0, 0.05) is 0 Å². The van der Waals surface area contributed by atoms with E-state index in [9.17, 15) is 4.79 Å². The predicted molar refractivity (Wildman–Crippen MR) is 55.3 cm³/mol. The summed E-state index contributed by atoms with van der Waals surface area (Å²) >= 11 is 0. The van der Waals surface area contributed by atoms with Gasteiger partial charge in [0.25, 0.3) is 0 Å². The molecule has 14 heavy (non-hydrogen) atoms. The molecule has 0 fully saturated rings. The van der Waals surface area contributed by atoms with Gasteiger partial charge in [-0.15, -0.1) is 6.58 Å². The molecule has 1 aromatic carbocycles. The molecule has 0 saturated heterocycles. The number of aromatic hydroxyl groups is 1. The number of aromatic carboxylic acids is 1. The molecule has 0 aliphatic rings. The van der Waals surface area contributed by atoms with E-state index < -0.39 is 5.97 Å². The molecule has 0 amide bonds. The Bertz CT molecular complexity index is 334. The summed E-state index contributed by atoms with van der Waals surface area (Å²) in [5.41, 5.74) is 5.45. The lowest BCUT2D eigenvalue weighted by Crippen LogP contribution is -1.96. The smallest absolute Gasteiger partial charge is 0.335 e. The van der Waals surface area contributed by atoms with Gasteiger partial charge in [-0.05, 0) is 25.1 Å². The third-order valence-electron chi connectivity index (χ3n) is 1.28. The second kappa shape index (κ2) is 5.64. The van der Waals surface area contributed by atoms with Crippen molar-refractivity contribution in [3.05, 3.63) is 36.4 Å². The summed E-state index contributed by atoms with van der Waals surface area (Å²) in [5, 5.41) is 17.4. The Morgan fingerprint density at radius 3 is 2.43 bits per heavy atom. The number of carbonyl (C=O) groups is 1. The summed E-state index contributed by atoms with van der Waals surface area (Å²) in [5.74, 6) is -1.29. The fraction of sp³-hybridized carbons (Fsp3) is 0.100. The fourth-order valence-corrected chi connectivity index (χ4v) is 0.677. The first kappa shape index (κ1) is 12.0. The number of anilines is 1. The molecule has 0 aromatic heterocycles. The lowest BCUT2D eigenvalue weighted by Gasteiger charge is -1.98. The van der Waals surface area contributed by atoms with Crippen LogP contribution in [-0.4, -0.2) is 16.2 Å². The van der Waals surface area contributed by atoms with Crippen molar-refractivity contribution < 1.29 is 15.0 Å². The van der Waals surface area contributed by atoms with Crippen molar-refractivity contribution in [1.29, 1.82) is 0 Å². The summed E-state index contributed by atoms with van der Waals surface area (Å²) in [6, 6.07) is 3.79. The number of nitrogens with two attached hydrogens (primary N) is 1. The van der Waals surface area contributed by atoms with Gasteiger partial charge < -0.3 is 15.9 Å². The van der Waals surface area contributed by atoms with Gasteiger partial charge in [-0.1, -0.05) is 6.08 Å². The topological polar surface area (TPSA) is 83.6 Å². The number of carboxylic acids is 1. The molecule has 0 aliphatic carbocycles. The second-order valence-corrected chi connectivity index (χ2v) is 2.49. The summed E-state index contributed by atoms with van der Waals surface area (Å²) in [6.45, 7) is 5.25. The van der Waals surface area contributed by atoms with Crippen LogP contribution in [-0.2, 0) is 0 Å². The van der Waals surface area contributed by atoms with E-state index in [1.807, 2.05) is 6.92 Å². The zero-order chi connectivity index (χ0) is 11.1. The van der Waals surface area contributed by atoms with Crippen LogP contribution < -0.4 is 5.73 Å². The fourth-order valence-electron chi connectivity index (χ4n) is 0.677. The average Bonchev–Trinajstić information content (AvgIpc) is 2.10. The van der Waals surface area contributed by atoms with E-state index in [0.29, 0.717) is 0 Å². The van der Waals surface area contributed by atoms with Gasteiger partial charge in [0.15, 0.2) is 0 Å². The molecule has 0 saturated carbocycles. The molecule has 76 valence electrons. The molecule has 4 N–H and O–H groups in total. The predicted octanol–water partition coefficient (Wildman–Crippen LogP) is 1.86. The Kier molecular flexibility index (Phi) is 4.84. The van der Waals surface area contributed by atoms with Gasteiger partial charge in [-0.3, -0.25) is 0 Å². The molecule has 0 heterocycles. The third kappa shape index (κ3) is 3.62. The molecule has 0 aliphatic heterocycles. The van der Waals surface area contributed by atoms with Crippen molar-refractivity contribution in [1.82, 2.24) is 0 Å². The van der Waals surface area contributed by atoms with Gasteiger partial charge in [0.2, 0.25) is 0 Å². The van der Waals surface area contributed by atoms with Crippen molar-refractivity contribution in [3.8, 4) is 5.75 Å². The highest BCUT2D eigenvalue weighted by atomic mass is 16.4. The number of hydrogen-bond acceptors (Lipinski definition) is 3. The standard InChI is InChI=1S/C7H7NO3.C3H6/c8-5-2-1-4(7(10)11)3-6(5)9;1-3-2/h1-3,9H,8H2,(H,10,11);3H,1H2,2H3.